The molecule has 0 aliphatic heterocycles. The van der Waals surface area contributed by atoms with E-state index in [9.17, 15) is 4.39 Å². The summed E-state index contributed by atoms with van der Waals surface area (Å²) < 4.78 is 18.5. The van der Waals surface area contributed by atoms with Crippen LogP contribution in [0.2, 0.25) is 0 Å². The molecule has 0 N–H and O–H groups in total. The molecule has 0 unspecified atom stereocenters. The number of hydrogen-bond donors (Lipinski definition) is 0. The van der Waals surface area contributed by atoms with Gasteiger partial charge in [-0.05, 0) is 40.5 Å². The van der Waals surface area contributed by atoms with Gasteiger partial charge in [-0.3, -0.25) is 0 Å². The molecule has 3 heteroatoms. The van der Waals surface area contributed by atoms with Crippen molar-refractivity contribution < 1.29 is 9.13 Å². The molecule has 12 heavy (non-hydrogen) atoms. The van der Waals surface area contributed by atoms with E-state index in [-0.39, 0.29) is 5.82 Å². The topological polar surface area (TPSA) is 9.23 Å². The van der Waals surface area contributed by atoms with E-state index in [1.807, 2.05) is 6.92 Å². The van der Waals surface area contributed by atoms with E-state index in [0.29, 0.717) is 16.8 Å². The molecule has 66 valence electrons. The van der Waals surface area contributed by atoms with Gasteiger partial charge in [-0.15, -0.1) is 0 Å². The zero-order valence-electron chi connectivity index (χ0n) is 6.81. The van der Waals surface area contributed by atoms with Gasteiger partial charge < -0.3 is 4.74 Å². The first-order chi connectivity index (χ1) is 5.74. The van der Waals surface area contributed by atoms with Crippen LogP contribution in [0.1, 0.15) is 13.3 Å². The van der Waals surface area contributed by atoms with Crippen molar-refractivity contribution in [2.75, 3.05) is 6.61 Å². The van der Waals surface area contributed by atoms with Gasteiger partial charge in [-0.25, -0.2) is 4.39 Å². The van der Waals surface area contributed by atoms with Crippen molar-refractivity contribution in [1.29, 1.82) is 0 Å². The fourth-order valence-electron chi connectivity index (χ4n) is 0.787. The van der Waals surface area contributed by atoms with Gasteiger partial charge in [0.15, 0.2) is 0 Å². The molecule has 0 saturated heterocycles. The van der Waals surface area contributed by atoms with E-state index < -0.39 is 0 Å². The molecule has 0 saturated carbocycles. The van der Waals surface area contributed by atoms with E-state index >= 15 is 0 Å². The minimum Gasteiger partial charge on any atom is -0.494 e. The Morgan fingerprint density at radius 1 is 1.50 bits per heavy atom. The Morgan fingerprint density at radius 3 is 2.83 bits per heavy atom. The highest BCUT2D eigenvalue weighted by molar-refractivity contribution is 9.10. The number of benzene rings is 1. The van der Waals surface area contributed by atoms with E-state index in [2.05, 4.69) is 15.9 Å². The normalized spacial score (nSPS) is 9.92. The Balaban J connectivity index is 2.69. The van der Waals surface area contributed by atoms with Crippen molar-refractivity contribution >= 4 is 15.9 Å². The van der Waals surface area contributed by atoms with Crippen molar-refractivity contribution in [1.82, 2.24) is 0 Å². The predicted octanol–water partition coefficient (Wildman–Crippen LogP) is 3.38. The SMILES string of the molecule is CCCOc1ccc(F)c(Br)c1. The largest absolute Gasteiger partial charge is 0.494 e. The maximum atomic E-state index is 12.7. The van der Waals surface area contributed by atoms with Gasteiger partial charge >= 0.3 is 0 Å². The maximum absolute atomic E-state index is 12.7. The first-order valence-corrected chi connectivity index (χ1v) is 4.61. The fraction of sp³-hybridized carbons (Fsp3) is 0.333. The van der Waals surface area contributed by atoms with Gasteiger partial charge in [0.05, 0.1) is 11.1 Å². The van der Waals surface area contributed by atoms with Crippen molar-refractivity contribution in [3.8, 4) is 5.75 Å². The van der Waals surface area contributed by atoms with Crippen LogP contribution in [0.25, 0.3) is 0 Å². The van der Waals surface area contributed by atoms with Gasteiger partial charge in [0.2, 0.25) is 0 Å². The van der Waals surface area contributed by atoms with Gasteiger partial charge in [0, 0.05) is 0 Å². The molecule has 0 bridgehead atoms. The summed E-state index contributed by atoms with van der Waals surface area (Å²) in [6.07, 6.45) is 0.953. The second-order valence-electron chi connectivity index (χ2n) is 2.42. The van der Waals surface area contributed by atoms with E-state index in [1.165, 1.54) is 6.07 Å². The third kappa shape index (κ3) is 2.48. The average Bonchev–Trinajstić information content (AvgIpc) is 2.07. The molecule has 0 amide bonds. The van der Waals surface area contributed by atoms with Crippen LogP contribution in [0.15, 0.2) is 22.7 Å². The van der Waals surface area contributed by atoms with Crippen LogP contribution in [0.3, 0.4) is 0 Å². The summed E-state index contributed by atoms with van der Waals surface area (Å²) in [6.45, 7) is 2.69. The molecule has 1 aromatic carbocycles. The van der Waals surface area contributed by atoms with E-state index in [1.54, 1.807) is 12.1 Å². The number of rotatable bonds is 3. The standard InChI is InChI=1S/C9H10BrFO/c1-2-5-12-7-3-4-9(11)8(10)6-7/h3-4,6H,2,5H2,1H3. The molecule has 1 aromatic rings. The van der Waals surface area contributed by atoms with Gasteiger partial charge in [-0.2, -0.15) is 0 Å². The summed E-state index contributed by atoms with van der Waals surface area (Å²) in [5.74, 6) is 0.434. The highest BCUT2D eigenvalue weighted by atomic mass is 79.9. The van der Waals surface area contributed by atoms with Crippen molar-refractivity contribution in [3.63, 3.8) is 0 Å². The first-order valence-electron chi connectivity index (χ1n) is 3.82. The second kappa shape index (κ2) is 4.45. The Labute approximate surface area is 79.7 Å². The monoisotopic (exact) mass is 232 g/mol. The van der Waals surface area contributed by atoms with Crippen LogP contribution in [-0.2, 0) is 0 Å². The third-order valence-corrected chi connectivity index (χ3v) is 1.97. The molecule has 1 nitrogen and oxygen atoms in total. The summed E-state index contributed by atoms with van der Waals surface area (Å²) in [6, 6.07) is 4.63. The molecular formula is C9H10BrFO. The molecule has 0 aliphatic rings. The molecule has 0 spiro atoms. The fourth-order valence-corrected chi connectivity index (χ4v) is 1.14. The molecule has 0 heterocycles. The van der Waals surface area contributed by atoms with Crippen LogP contribution in [0.5, 0.6) is 5.75 Å². The predicted molar refractivity (Wildman–Crippen MR) is 49.9 cm³/mol. The van der Waals surface area contributed by atoms with Gasteiger partial charge in [-0.1, -0.05) is 6.92 Å². The zero-order chi connectivity index (χ0) is 8.97. The quantitative estimate of drug-likeness (QED) is 0.777. The average molecular weight is 233 g/mol. The van der Waals surface area contributed by atoms with Crippen LogP contribution in [0.4, 0.5) is 4.39 Å². The first kappa shape index (κ1) is 9.52. The summed E-state index contributed by atoms with van der Waals surface area (Å²) in [5, 5.41) is 0. The van der Waals surface area contributed by atoms with Crippen molar-refractivity contribution in [2.45, 2.75) is 13.3 Å². The number of ether oxygens (including phenoxy) is 1. The molecular weight excluding hydrogens is 223 g/mol. The molecule has 0 aromatic heterocycles. The second-order valence-corrected chi connectivity index (χ2v) is 3.28. The summed E-state index contributed by atoms with van der Waals surface area (Å²) in [5.41, 5.74) is 0. The van der Waals surface area contributed by atoms with E-state index in [4.69, 9.17) is 4.74 Å². The Bertz CT molecular complexity index is 263. The number of hydrogen-bond acceptors (Lipinski definition) is 1. The lowest BCUT2D eigenvalue weighted by Crippen LogP contribution is -1.94. The lowest BCUT2D eigenvalue weighted by atomic mass is 10.3. The van der Waals surface area contributed by atoms with Gasteiger partial charge in [0.25, 0.3) is 0 Å². The molecule has 0 radical (unpaired) electrons. The minimum absolute atomic E-state index is 0.265. The Morgan fingerprint density at radius 2 is 2.25 bits per heavy atom. The van der Waals surface area contributed by atoms with Crippen LogP contribution < -0.4 is 4.74 Å². The molecule has 0 fully saturated rings. The zero-order valence-corrected chi connectivity index (χ0v) is 8.40. The smallest absolute Gasteiger partial charge is 0.137 e. The van der Waals surface area contributed by atoms with Crippen molar-refractivity contribution in [2.24, 2.45) is 0 Å². The Kier molecular flexibility index (Phi) is 3.53. The Hall–Kier alpha value is -0.570. The minimum atomic E-state index is -0.265. The van der Waals surface area contributed by atoms with Crippen molar-refractivity contribution in [3.05, 3.63) is 28.5 Å². The molecule has 0 aliphatic carbocycles. The highest BCUT2D eigenvalue weighted by Gasteiger charge is 1.99. The van der Waals surface area contributed by atoms with E-state index in [0.717, 1.165) is 6.42 Å². The van der Waals surface area contributed by atoms with Crippen LogP contribution >= 0.6 is 15.9 Å². The van der Waals surface area contributed by atoms with Crippen LogP contribution in [0, 0.1) is 5.82 Å². The summed E-state index contributed by atoms with van der Waals surface area (Å²) >= 11 is 3.08. The van der Waals surface area contributed by atoms with Crippen LogP contribution in [-0.4, -0.2) is 6.61 Å². The summed E-state index contributed by atoms with van der Waals surface area (Å²) in [4.78, 5) is 0. The lowest BCUT2D eigenvalue weighted by molar-refractivity contribution is 0.316. The molecule has 1 rings (SSSR count). The number of halogens is 2. The highest BCUT2D eigenvalue weighted by Crippen LogP contribution is 2.21. The van der Waals surface area contributed by atoms with Gasteiger partial charge in [0.1, 0.15) is 11.6 Å². The summed E-state index contributed by atoms with van der Waals surface area (Å²) in [7, 11) is 0. The maximum Gasteiger partial charge on any atom is 0.137 e. The third-order valence-electron chi connectivity index (χ3n) is 1.36. The lowest BCUT2D eigenvalue weighted by Gasteiger charge is -2.04. The molecule has 0 atom stereocenters.